The highest BCUT2D eigenvalue weighted by Gasteiger charge is 2.36. The molecular formula is C17H26BrN. The zero-order chi connectivity index (χ0) is 14.0. The minimum atomic E-state index is 0.508. The summed E-state index contributed by atoms with van der Waals surface area (Å²) < 4.78 is 1.16. The van der Waals surface area contributed by atoms with Crippen molar-refractivity contribution in [1.82, 2.24) is 5.32 Å². The van der Waals surface area contributed by atoms with Crippen molar-refractivity contribution in [3.8, 4) is 0 Å². The summed E-state index contributed by atoms with van der Waals surface area (Å²) in [4.78, 5) is 0. The van der Waals surface area contributed by atoms with Crippen LogP contribution in [-0.4, -0.2) is 12.1 Å². The third-order valence-electron chi connectivity index (χ3n) is 4.29. The smallest absolute Gasteiger partial charge is 0.0175 e. The second-order valence-electron chi connectivity index (χ2n) is 7.05. The van der Waals surface area contributed by atoms with E-state index in [9.17, 15) is 0 Å². The average Bonchev–Trinajstić information content (AvgIpc) is 2.55. The molecule has 1 N–H and O–H groups in total. The van der Waals surface area contributed by atoms with Crippen LogP contribution in [0.5, 0.6) is 0 Å². The number of benzene rings is 1. The van der Waals surface area contributed by atoms with Crippen molar-refractivity contribution >= 4 is 15.9 Å². The number of rotatable bonds is 4. The zero-order valence-electron chi connectivity index (χ0n) is 12.5. The van der Waals surface area contributed by atoms with Crippen molar-refractivity contribution < 1.29 is 0 Å². The molecule has 0 spiro atoms. The highest BCUT2D eigenvalue weighted by molar-refractivity contribution is 9.10. The Labute approximate surface area is 126 Å². The molecule has 1 aliphatic rings. The molecule has 3 unspecified atom stereocenters. The van der Waals surface area contributed by atoms with Gasteiger partial charge in [-0.05, 0) is 55.2 Å². The van der Waals surface area contributed by atoms with Crippen LogP contribution in [0.1, 0.15) is 46.1 Å². The Bertz CT molecular complexity index is 410. The van der Waals surface area contributed by atoms with E-state index < -0.39 is 0 Å². The molecule has 0 heterocycles. The fourth-order valence-corrected chi connectivity index (χ4v) is 3.78. The first-order chi connectivity index (χ1) is 8.85. The van der Waals surface area contributed by atoms with Crippen LogP contribution >= 0.6 is 15.9 Å². The molecule has 2 rings (SSSR count). The third kappa shape index (κ3) is 4.32. The molecule has 0 radical (unpaired) electrons. The van der Waals surface area contributed by atoms with E-state index >= 15 is 0 Å². The van der Waals surface area contributed by atoms with Gasteiger partial charge in [0.1, 0.15) is 0 Å². The predicted octanol–water partition coefficient (Wildman–Crippen LogP) is 4.79. The van der Waals surface area contributed by atoms with Crippen LogP contribution in [0.25, 0.3) is 0 Å². The van der Waals surface area contributed by atoms with Crippen LogP contribution in [0.15, 0.2) is 28.7 Å². The highest BCUT2D eigenvalue weighted by Crippen LogP contribution is 2.41. The first kappa shape index (κ1) is 15.1. The maximum atomic E-state index is 3.84. The van der Waals surface area contributed by atoms with Crippen LogP contribution < -0.4 is 5.32 Å². The lowest BCUT2D eigenvalue weighted by molar-refractivity contribution is 0.354. The van der Waals surface area contributed by atoms with Crippen LogP contribution in [0, 0.1) is 11.3 Å². The molecule has 106 valence electrons. The molecule has 1 aliphatic carbocycles. The van der Waals surface area contributed by atoms with E-state index in [1.54, 1.807) is 0 Å². The first-order valence-corrected chi connectivity index (χ1v) is 8.15. The monoisotopic (exact) mass is 323 g/mol. The molecule has 0 saturated heterocycles. The summed E-state index contributed by atoms with van der Waals surface area (Å²) in [5.74, 6) is 0.794. The predicted molar refractivity (Wildman–Crippen MR) is 86.4 cm³/mol. The van der Waals surface area contributed by atoms with Gasteiger partial charge in [-0.2, -0.15) is 0 Å². The molecule has 0 amide bonds. The molecule has 1 nitrogen and oxygen atoms in total. The maximum absolute atomic E-state index is 3.84. The van der Waals surface area contributed by atoms with Crippen LogP contribution in [0.3, 0.4) is 0 Å². The van der Waals surface area contributed by atoms with Crippen molar-refractivity contribution in [2.45, 2.75) is 59.0 Å². The Morgan fingerprint density at radius 1 is 1.26 bits per heavy atom. The SMILES string of the molecule is CC(Cc1ccc(Br)cc1)NC1CC(C)(C)CC1C. The quantitative estimate of drug-likeness (QED) is 0.839. The molecular weight excluding hydrogens is 298 g/mol. The summed E-state index contributed by atoms with van der Waals surface area (Å²) in [7, 11) is 0. The summed E-state index contributed by atoms with van der Waals surface area (Å²) in [5.41, 5.74) is 1.92. The van der Waals surface area contributed by atoms with Crippen molar-refractivity contribution in [3.63, 3.8) is 0 Å². The van der Waals surface area contributed by atoms with E-state index in [-0.39, 0.29) is 0 Å². The van der Waals surface area contributed by atoms with Gasteiger partial charge in [-0.3, -0.25) is 0 Å². The zero-order valence-corrected chi connectivity index (χ0v) is 14.1. The molecule has 3 atom stereocenters. The summed E-state index contributed by atoms with van der Waals surface area (Å²) in [6, 6.07) is 9.91. The Hall–Kier alpha value is -0.340. The van der Waals surface area contributed by atoms with Crippen LogP contribution in [-0.2, 0) is 6.42 Å². The lowest BCUT2D eigenvalue weighted by atomic mass is 9.91. The molecule has 1 saturated carbocycles. The van der Waals surface area contributed by atoms with Crippen molar-refractivity contribution in [2.24, 2.45) is 11.3 Å². The molecule has 1 aromatic rings. The Balaban J connectivity index is 1.88. The average molecular weight is 324 g/mol. The Kier molecular flexibility index (Phi) is 4.73. The van der Waals surface area contributed by atoms with Crippen LogP contribution in [0.2, 0.25) is 0 Å². The van der Waals surface area contributed by atoms with Crippen molar-refractivity contribution in [2.75, 3.05) is 0 Å². The van der Waals surface area contributed by atoms with Crippen LogP contribution in [0.4, 0.5) is 0 Å². The van der Waals surface area contributed by atoms with E-state index in [0.29, 0.717) is 17.5 Å². The molecule has 1 aromatic carbocycles. The lowest BCUT2D eigenvalue weighted by Crippen LogP contribution is -2.39. The number of halogens is 1. The summed E-state index contributed by atoms with van der Waals surface area (Å²) in [6.45, 7) is 9.48. The van der Waals surface area contributed by atoms with Crippen molar-refractivity contribution in [3.05, 3.63) is 34.3 Å². The normalized spacial score (nSPS) is 27.4. The third-order valence-corrected chi connectivity index (χ3v) is 4.82. The fourth-order valence-electron chi connectivity index (χ4n) is 3.52. The van der Waals surface area contributed by atoms with Gasteiger partial charge in [-0.15, -0.1) is 0 Å². The van der Waals surface area contributed by atoms with Gasteiger partial charge in [0.2, 0.25) is 0 Å². The molecule has 0 aromatic heterocycles. The molecule has 1 fully saturated rings. The lowest BCUT2D eigenvalue weighted by Gasteiger charge is -2.23. The summed E-state index contributed by atoms with van der Waals surface area (Å²) in [6.07, 6.45) is 3.76. The Morgan fingerprint density at radius 2 is 1.89 bits per heavy atom. The minimum Gasteiger partial charge on any atom is -0.311 e. The van der Waals surface area contributed by atoms with Gasteiger partial charge in [0, 0.05) is 16.6 Å². The standard InChI is InChI=1S/C17H26BrN/c1-12-10-17(3,4)11-16(12)19-13(2)9-14-5-7-15(18)8-6-14/h5-8,12-13,16,19H,9-11H2,1-4H3. The van der Waals surface area contributed by atoms with Gasteiger partial charge in [0.15, 0.2) is 0 Å². The van der Waals surface area contributed by atoms with E-state index in [2.05, 4.69) is 73.2 Å². The number of hydrogen-bond donors (Lipinski definition) is 1. The second-order valence-corrected chi connectivity index (χ2v) is 7.97. The largest absolute Gasteiger partial charge is 0.311 e. The minimum absolute atomic E-state index is 0.508. The molecule has 2 heteroatoms. The number of nitrogens with one attached hydrogen (secondary N) is 1. The fraction of sp³-hybridized carbons (Fsp3) is 0.647. The van der Waals surface area contributed by atoms with E-state index in [0.717, 1.165) is 16.8 Å². The van der Waals surface area contributed by atoms with Gasteiger partial charge in [0.25, 0.3) is 0 Å². The van der Waals surface area contributed by atoms with E-state index in [1.807, 2.05) is 0 Å². The van der Waals surface area contributed by atoms with Gasteiger partial charge >= 0.3 is 0 Å². The molecule has 0 bridgehead atoms. The molecule has 19 heavy (non-hydrogen) atoms. The van der Waals surface area contributed by atoms with E-state index in [1.165, 1.54) is 18.4 Å². The summed E-state index contributed by atoms with van der Waals surface area (Å²) in [5, 5.41) is 3.84. The van der Waals surface area contributed by atoms with Crippen molar-refractivity contribution in [1.29, 1.82) is 0 Å². The Morgan fingerprint density at radius 3 is 2.42 bits per heavy atom. The summed E-state index contributed by atoms with van der Waals surface area (Å²) >= 11 is 3.49. The van der Waals surface area contributed by atoms with E-state index in [4.69, 9.17) is 0 Å². The highest BCUT2D eigenvalue weighted by atomic mass is 79.9. The molecule has 0 aliphatic heterocycles. The number of hydrogen-bond acceptors (Lipinski definition) is 1. The van der Waals surface area contributed by atoms with Gasteiger partial charge < -0.3 is 5.32 Å². The maximum Gasteiger partial charge on any atom is 0.0175 e. The second kappa shape index (κ2) is 5.97. The topological polar surface area (TPSA) is 12.0 Å². The van der Waals surface area contributed by atoms with Gasteiger partial charge in [0.05, 0.1) is 0 Å². The van der Waals surface area contributed by atoms with Gasteiger partial charge in [-0.1, -0.05) is 48.8 Å². The first-order valence-electron chi connectivity index (χ1n) is 7.36. The van der Waals surface area contributed by atoms with Gasteiger partial charge in [-0.25, -0.2) is 0 Å².